The number of thiophene rings is 1. The van der Waals surface area contributed by atoms with Gasteiger partial charge in [-0.05, 0) is 103 Å². The zero-order chi connectivity index (χ0) is 35.4. The highest BCUT2D eigenvalue weighted by molar-refractivity contribution is 8.11. The molecule has 1 unspecified atom stereocenters. The van der Waals surface area contributed by atoms with Gasteiger partial charge in [-0.15, -0.1) is 11.3 Å². The number of allylic oxidation sites excluding steroid dienone is 8. The van der Waals surface area contributed by atoms with Crippen molar-refractivity contribution in [3.63, 3.8) is 0 Å². The maximum absolute atomic E-state index is 4.62. The number of thioether (sulfide) groups is 1. The first-order valence-electron chi connectivity index (χ1n) is 18.4. The minimum absolute atomic E-state index is 0.0358. The van der Waals surface area contributed by atoms with E-state index in [9.17, 15) is 0 Å². The SMILES string of the molecule is C=C(SC1=C(C)C=CCC1)c1cccc(BC(/C(C)=C\C)=C(\c2cccc3c2[nH]c2c4ccccc4sc32)C2Cc3ccccc3C2(C)C)c1C. The molecule has 2 aliphatic carbocycles. The van der Waals surface area contributed by atoms with Gasteiger partial charge in [0.2, 0.25) is 0 Å². The van der Waals surface area contributed by atoms with E-state index in [1.54, 1.807) is 0 Å². The third kappa shape index (κ3) is 5.81. The molecule has 2 aromatic heterocycles. The molecule has 0 radical (unpaired) electrons. The van der Waals surface area contributed by atoms with Crippen molar-refractivity contribution >= 4 is 77.5 Å². The third-order valence-electron chi connectivity index (χ3n) is 11.7. The number of nitrogens with one attached hydrogen (secondary N) is 1. The number of fused-ring (bicyclic) bond motifs is 6. The highest BCUT2D eigenvalue weighted by atomic mass is 32.2. The highest BCUT2D eigenvalue weighted by Crippen LogP contribution is 2.52. The second kappa shape index (κ2) is 13.4. The number of aromatic nitrogens is 1. The van der Waals surface area contributed by atoms with E-state index >= 15 is 0 Å². The lowest BCUT2D eigenvalue weighted by Crippen LogP contribution is -2.29. The second-order valence-electron chi connectivity index (χ2n) is 15.0. The summed E-state index contributed by atoms with van der Waals surface area (Å²) < 4.78 is 2.69. The molecular weight excluding hydrogens is 653 g/mol. The van der Waals surface area contributed by atoms with Crippen LogP contribution in [-0.4, -0.2) is 12.3 Å². The summed E-state index contributed by atoms with van der Waals surface area (Å²) in [6.45, 7) is 18.6. The van der Waals surface area contributed by atoms with Crippen LogP contribution in [0.2, 0.25) is 0 Å². The number of para-hydroxylation sites is 1. The highest BCUT2D eigenvalue weighted by Gasteiger charge is 2.43. The fraction of sp³-hybridized carbons (Fsp3) is 0.234. The number of hydrogen-bond donors (Lipinski definition) is 1. The van der Waals surface area contributed by atoms with Crippen molar-refractivity contribution in [3.8, 4) is 0 Å². The normalized spacial score (nSPS) is 17.8. The molecule has 254 valence electrons. The largest absolute Gasteiger partial charge is 0.353 e. The lowest BCUT2D eigenvalue weighted by molar-refractivity contribution is 0.430. The molecule has 0 aliphatic heterocycles. The van der Waals surface area contributed by atoms with Crippen LogP contribution in [0.25, 0.3) is 41.7 Å². The quantitative estimate of drug-likeness (QED) is 0.124. The monoisotopic (exact) mass is 699 g/mol. The number of hydrogen-bond acceptors (Lipinski definition) is 2. The van der Waals surface area contributed by atoms with Crippen molar-refractivity contribution in [3.05, 3.63) is 159 Å². The topological polar surface area (TPSA) is 15.8 Å². The van der Waals surface area contributed by atoms with Crippen molar-refractivity contribution in [1.82, 2.24) is 4.98 Å². The van der Waals surface area contributed by atoms with E-state index in [2.05, 4.69) is 156 Å². The molecule has 6 aromatic rings. The van der Waals surface area contributed by atoms with Crippen LogP contribution < -0.4 is 5.46 Å². The lowest BCUT2D eigenvalue weighted by Gasteiger charge is -2.33. The average molecular weight is 700 g/mol. The Morgan fingerprint density at radius 1 is 0.922 bits per heavy atom. The molecule has 2 heterocycles. The predicted octanol–water partition coefficient (Wildman–Crippen LogP) is 12.8. The Morgan fingerprint density at radius 2 is 1.67 bits per heavy atom. The number of H-pyrrole nitrogens is 1. The van der Waals surface area contributed by atoms with E-state index in [1.807, 2.05) is 23.1 Å². The molecular formula is C47H46BNS2. The molecule has 0 bridgehead atoms. The summed E-state index contributed by atoms with van der Waals surface area (Å²) in [6, 6.07) is 31.8. The molecule has 51 heavy (non-hydrogen) atoms. The first-order valence-corrected chi connectivity index (χ1v) is 20.0. The summed E-state index contributed by atoms with van der Waals surface area (Å²) in [6.07, 6.45) is 10.1. The molecule has 0 saturated carbocycles. The molecule has 1 nitrogen and oxygen atoms in total. The molecule has 2 aliphatic rings. The molecule has 4 aromatic carbocycles. The Morgan fingerprint density at radius 3 is 2.47 bits per heavy atom. The van der Waals surface area contributed by atoms with E-state index in [0.29, 0.717) is 5.92 Å². The second-order valence-corrected chi connectivity index (χ2v) is 17.2. The molecule has 0 amide bonds. The molecule has 1 atom stereocenters. The van der Waals surface area contributed by atoms with Gasteiger partial charge in [0.25, 0.3) is 0 Å². The van der Waals surface area contributed by atoms with Crippen LogP contribution in [0.4, 0.5) is 0 Å². The van der Waals surface area contributed by atoms with Crippen LogP contribution in [0, 0.1) is 12.8 Å². The number of rotatable bonds is 8. The summed E-state index contributed by atoms with van der Waals surface area (Å²) in [4.78, 5) is 6.59. The van der Waals surface area contributed by atoms with Crippen molar-refractivity contribution < 1.29 is 0 Å². The summed E-state index contributed by atoms with van der Waals surface area (Å²) in [5.41, 5.74) is 16.4. The van der Waals surface area contributed by atoms with Gasteiger partial charge in [-0.1, -0.05) is 146 Å². The summed E-state index contributed by atoms with van der Waals surface area (Å²) in [5, 5.41) is 2.63. The standard InChI is InChI=1S/C47H46BNS2/c1-8-28(2)43(48-39-24-16-20-33(30(39)4)31(5)50-40-25-13-9-17-29(40)3)42(38-27-32-18-10-12-23-37(32)47(38,6)7)35-21-15-22-36-44(35)49-45-34-19-11-14-26-41(34)51-46(36)45/h8-12,14-24,26,38,48-49H,5,13,25,27H2,1-4,6-7H3/b28-8-,43-42+. The van der Waals surface area contributed by atoms with Crippen LogP contribution >= 0.6 is 23.1 Å². The fourth-order valence-electron chi connectivity index (χ4n) is 8.69. The average Bonchev–Trinajstić information content (AvgIpc) is 3.77. The van der Waals surface area contributed by atoms with Gasteiger partial charge in [0.1, 0.15) is 0 Å². The predicted molar refractivity (Wildman–Crippen MR) is 230 cm³/mol. The van der Waals surface area contributed by atoms with Gasteiger partial charge in [-0.3, -0.25) is 0 Å². The maximum Gasteiger partial charge on any atom is 0.193 e. The number of benzene rings is 4. The zero-order valence-corrected chi connectivity index (χ0v) is 32.4. The first-order chi connectivity index (χ1) is 24.7. The Bertz CT molecular complexity index is 2490. The Labute approximate surface area is 312 Å². The van der Waals surface area contributed by atoms with Gasteiger partial charge >= 0.3 is 0 Å². The zero-order valence-electron chi connectivity index (χ0n) is 30.7. The van der Waals surface area contributed by atoms with Crippen LogP contribution in [-0.2, 0) is 11.8 Å². The van der Waals surface area contributed by atoms with Crippen molar-refractivity contribution in [1.29, 1.82) is 0 Å². The van der Waals surface area contributed by atoms with Gasteiger partial charge in [0, 0.05) is 25.9 Å². The fourth-order valence-corrected chi connectivity index (χ4v) is 11.0. The van der Waals surface area contributed by atoms with Crippen molar-refractivity contribution in [2.75, 3.05) is 0 Å². The Hall–Kier alpha value is -4.25. The van der Waals surface area contributed by atoms with Gasteiger partial charge in [0.05, 0.1) is 15.7 Å². The summed E-state index contributed by atoms with van der Waals surface area (Å²) >= 11 is 3.77. The molecule has 0 spiro atoms. The minimum Gasteiger partial charge on any atom is -0.353 e. The number of aromatic amines is 1. The molecule has 4 heteroatoms. The molecule has 0 saturated heterocycles. The lowest BCUT2D eigenvalue weighted by atomic mass is 9.55. The van der Waals surface area contributed by atoms with Crippen molar-refractivity contribution in [2.24, 2.45) is 5.92 Å². The molecule has 8 rings (SSSR count). The minimum atomic E-state index is -0.0358. The van der Waals surface area contributed by atoms with E-state index in [-0.39, 0.29) is 5.41 Å². The van der Waals surface area contributed by atoms with Crippen LogP contribution in [0.5, 0.6) is 0 Å². The summed E-state index contributed by atoms with van der Waals surface area (Å²) in [5.74, 6) is 0.312. The van der Waals surface area contributed by atoms with E-state index < -0.39 is 0 Å². The first kappa shape index (κ1) is 33.9. The van der Waals surface area contributed by atoms with Crippen LogP contribution in [0.3, 0.4) is 0 Å². The van der Waals surface area contributed by atoms with Gasteiger partial charge < -0.3 is 4.98 Å². The van der Waals surface area contributed by atoms with Crippen LogP contribution in [0.1, 0.15) is 75.3 Å². The van der Waals surface area contributed by atoms with E-state index in [0.717, 1.165) is 31.4 Å². The maximum atomic E-state index is 4.62. The van der Waals surface area contributed by atoms with Gasteiger partial charge in [0.15, 0.2) is 7.28 Å². The van der Waals surface area contributed by atoms with Gasteiger partial charge in [-0.2, -0.15) is 0 Å². The van der Waals surface area contributed by atoms with Crippen LogP contribution in [0.15, 0.2) is 131 Å². The van der Waals surface area contributed by atoms with E-state index in [4.69, 9.17) is 0 Å². The Balaban J connectivity index is 1.33. The third-order valence-corrected chi connectivity index (χ3v) is 14.2. The van der Waals surface area contributed by atoms with Gasteiger partial charge in [-0.25, -0.2) is 0 Å². The molecule has 0 fully saturated rings. The van der Waals surface area contributed by atoms with Crippen molar-refractivity contribution in [2.45, 2.75) is 66.2 Å². The Kier molecular flexibility index (Phi) is 8.89. The van der Waals surface area contributed by atoms with E-state index in [1.165, 1.54) is 91.6 Å². The smallest absolute Gasteiger partial charge is 0.193 e. The summed E-state index contributed by atoms with van der Waals surface area (Å²) in [7, 11) is 0.866. The molecule has 1 N–H and O–H groups in total.